The van der Waals surface area contributed by atoms with Gasteiger partial charge in [-0.3, -0.25) is 4.79 Å². The van der Waals surface area contributed by atoms with Crippen LogP contribution in [0, 0.1) is 0 Å². The zero-order valence-corrected chi connectivity index (χ0v) is 9.99. The number of fused-ring (bicyclic) bond motifs is 1. The van der Waals surface area contributed by atoms with E-state index in [1.54, 1.807) is 13.0 Å². The van der Waals surface area contributed by atoms with Crippen LogP contribution in [-0.2, 0) is 11.0 Å². The van der Waals surface area contributed by atoms with E-state index < -0.39 is 17.7 Å². The molecule has 1 aromatic carbocycles. The molecule has 0 amide bonds. The maximum Gasteiger partial charge on any atom is 0.416 e. The minimum Gasteiger partial charge on any atom is -0.481 e. The lowest BCUT2D eigenvalue weighted by Gasteiger charge is -2.05. The lowest BCUT2D eigenvalue weighted by molar-refractivity contribution is -0.138. The molecule has 0 bridgehead atoms. The molecule has 1 unspecified atom stereocenters. The van der Waals surface area contributed by atoms with Crippen LogP contribution in [0.25, 0.3) is 11.0 Å². The summed E-state index contributed by atoms with van der Waals surface area (Å²) in [5.74, 6) is -1.00. The number of carbonyl (C=O) groups is 1. The largest absolute Gasteiger partial charge is 0.481 e. The zero-order valence-electron chi connectivity index (χ0n) is 9.99. The molecule has 0 fully saturated rings. The summed E-state index contributed by atoms with van der Waals surface area (Å²) in [6.45, 7) is 1.65. The fraction of sp³-hybridized carbons (Fsp3) is 0.308. The molecule has 0 aliphatic rings. The number of benzene rings is 1. The van der Waals surface area contributed by atoms with Crippen molar-refractivity contribution >= 4 is 16.9 Å². The average molecular weight is 272 g/mol. The fourth-order valence-corrected chi connectivity index (χ4v) is 1.83. The Hall–Kier alpha value is -1.98. The Balaban J connectivity index is 2.38. The molecule has 0 saturated carbocycles. The summed E-state index contributed by atoms with van der Waals surface area (Å²) in [7, 11) is 0. The standard InChI is InChI=1S/C13H11F3O3/c1-7(4-12(17)18)10-5-8-2-3-9(13(14,15)16)6-11(8)19-10/h2-3,5-7H,4H2,1H3,(H,17,18). The van der Waals surface area contributed by atoms with Gasteiger partial charge < -0.3 is 9.52 Å². The summed E-state index contributed by atoms with van der Waals surface area (Å²) in [6.07, 6.45) is -4.56. The molecule has 1 N–H and O–H groups in total. The molecular formula is C13H11F3O3. The summed E-state index contributed by atoms with van der Waals surface area (Å²) in [5.41, 5.74) is -0.672. The van der Waals surface area contributed by atoms with E-state index in [0.29, 0.717) is 11.1 Å². The third kappa shape index (κ3) is 2.89. The Morgan fingerprint density at radius 3 is 2.63 bits per heavy atom. The first-order valence-electron chi connectivity index (χ1n) is 5.60. The number of carboxylic acid groups (broad SMARTS) is 1. The molecule has 3 nitrogen and oxygen atoms in total. The van der Waals surface area contributed by atoms with E-state index in [9.17, 15) is 18.0 Å². The predicted molar refractivity (Wildman–Crippen MR) is 61.9 cm³/mol. The van der Waals surface area contributed by atoms with Crippen molar-refractivity contribution < 1.29 is 27.5 Å². The van der Waals surface area contributed by atoms with Crippen molar-refractivity contribution in [3.8, 4) is 0 Å². The van der Waals surface area contributed by atoms with Gasteiger partial charge in [-0.25, -0.2) is 0 Å². The molecule has 0 aliphatic carbocycles. The highest BCUT2D eigenvalue weighted by molar-refractivity contribution is 5.79. The molecule has 1 atom stereocenters. The van der Waals surface area contributed by atoms with Crippen LogP contribution in [0.1, 0.15) is 30.6 Å². The van der Waals surface area contributed by atoms with Crippen molar-refractivity contribution in [3.05, 3.63) is 35.6 Å². The van der Waals surface area contributed by atoms with Gasteiger partial charge in [0.05, 0.1) is 12.0 Å². The Morgan fingerprint density at radius 1 is 1.37 bits per heavy atom. The van der Waals surface area contributed by atoms with Crippen LogP contribution < -0.4 is 0 Å². The van der Waals surface area contributed by atoms with Crippen LogP contribution in [0.15, 0.2) is 28.7 Å². The minimum atomic E-state index is -4.42. The summed E-state index contributed by atoms with van der Waals surface area (Å²) >= 11 is 0. The van der Waals surface area contributed by atoms with E-state index in [0.717, 1.165) is 12.1 Å². The summed E-state index contributed by atoms with van der Waals surface area (Å²) in [5, 5.41) is 9.21. The maximum absolute atomic E-state index is 12.5. The van der Waals surface area contributed by atoms with E-state index >= 15 is 0 Å². The Morgan fingerprint density at radius 2 is 2.05 bits per heavy atom. The monoisotopic (exact) mass is 272 g/mol. The van der Waals surface area contributed by atoms with Crippen molar-refractivity contribution in [2.24, 2.45) is 0 Å². The van der Waals surface area contributed by atoms with Crippen LogP contribution in [0.4, 0.5) is 13.2 Å². The first-order chi connectivity index (χ1) is 8.77. The summed E-state index contributed by atoms with van der Waals surface area (Å²) in [4.78, 5) is 10.6. The summed E-state index contributed by atoms with van der Waals surface area (Å²) < 4.78 is 42.9. The second-order valence-corrected chi connectivity index (χ2v) is 4.40. The van der Waals surface area contributed by atoms with Gasteiger partial charge in [0.2, 0.25) is 0 Å². The number of alkyl halides is 3. The highest BCUT2D eigenvalue weighted by Gasteiger charge is 2.31. The second-order valence-electron chi connectivity index (χ2n) is 4.40. The molecule has 102 valence electrons. The van der Waals surface area contributed by atoms with Crippen molar-refractivity contribution in [2.45, 2.75) is 25.4 Å². The van der Waals surface area contributed by atoms with E-state index in [1.165, 1.54) is 6.07 Å². The SMILES string of the molecule is CC(CC(=O)O)c1cc2ccc(C(F)(F)F)cc2o1. The van der Waals surface area contributed by atoms with Crippen molar-refractivity contribution in [2.75, 3.05) is 0 Å². The number of furan rings is 1. The molecule has 6 heteroatoms. The Bertz CT molecular complexity index is 613. The predicted octanol–water partition coefficient (Wildman–Crippen LogP) is 4.03. The lowest BCUT2D eigenvalue weighted by atomic mass is 10.0. The maximum atomic E-state index is 12.5. The number of hydrogen-bond donors (Lipinski definition) is 1. The van der Waals surface area contributed by atoms with Gasteiger partial charge in [-0.15, -0.1) is 0 Å². The fourth-order valence-electron chi connectivity index (χ4n) is 1.83. The lowest BCUT2D eigenvalue weighted by Crippen LogP contribution is -2.03. The van der Waals surface area contributed by atoms with Crippen LogP contribution in [-0.4, -0.2) is 11.1 Å². The Kier molecular flexibility index (Phi) is 3.26. The average Bonchev–Trinajstić information content (AvgIpc) is 2.69. The van der Waals surface area contributed by atoms with Gasteiger partial charge in [0, 0.05) is 11.3 Å². The van der Waals surface area contributed by atoms with Crippen molar-refractivity contribution in [1.82, 2.24) is 0 Å². The molecule has 2 rings (SSSR count). The molecule has 0 saturated heterocycles. The molecule has 19 heavy (non-hydrogen) atoms. The third-order valence-electron chi connectivity index (χ3n) is 2.83. The smallest absolute Gasteiger partial charge is 0.416 e. The van der Waals surface area contributed by atoms with Gasteiger partial charge in [0.15, 0.2) is 0 Å². The molecule has 1 aromatic heterocycles. The number of halogens is 3. The number of aliphatic carboxylic acids is 1. The molecule has 2 aromatic rings. The topological polar surface area (TPSA) is 50.4 Å². The van der Waals surface area contributed by atoms with Crippen LogP contribution >= 0.6 is 0 Å². The van der Waals surface area contributed by atoms with Crippen LogP contribution in [0.5, 0.6) is 0 Å². The van der Waals surface area contributed by atoms with E-state index in [1.807, 2.05) is 0 Å². The Labute approximate surface area is 106 Å². The van der Waals surface area contributed by atoms with Gasteiger partial charge in [-0.05, 0) is 18.2 Å². The van der Waals surface area contributed by atoms with Gasteiger partial charge in [-0.1, -0.05) is 13.0 Å². The van der Waals surface area contributed by atoms with Gasteiger partial charge in [-0.2, -0.15) is 13.2 Å². The molecule has 0 aliphatic heterocycles. The molecular weight excluding hydrogens is 261 g/mol. The number of hydrogen-bond acceptors (Lipinski definition) is 2. The van der Waals surface area contributed by atoms with Crippen molar-refractivity contribution in [1.29, 1.82) is 0 Å². The zero-order chi connectivity index (χ0) is 14.2. The van der Waals surface area contributed by atoms with Crippen LogP contribution in [0.2, 0.25) is 0 Å². The van der Waals surface area contributed by atoms with Crippen molar-refractivity contribution in [3.63, 3.8) is 0 Å². The quantitative estimate of drug-likeness (QED) is 0.917. The molecule has 1 heterocycles. The molecule has 0 spiro atoms. The summed E-state index contributed by atoms with van der Waals surface area (Å²) in [6, 6.07) is 4.79. The second kappa shape index (κ2) is 4.60. The number of carboxylic acids is 1. The number of rotatable bonds is 3. The van der Waals surface area contributed by atoms with Gasteiger partial charge in [0.1, 0.15) is 11.3 Å². The normalized spacial score (nSPS) is 13.7. The third-order valence-corrected chi connectivity index (χ3v) is 2.83. The van der Waals surface area contributed by atoms with E-state index in [-0.39, 0.29) is 17.9 Å². The first-order valence-corrected chi connectivity index (χ1v) is 5.60. The van der Waals surface area contributed by atoms with Gasteiger partial charge >= 0.3 is 12.1 Å². The highest BCUT2D eigenvalue weighted by Crippen LogP contribution is 2.33. The minimum absolute atomic E-state index is 0.113. The van der Waals surface area contributed by atoms with Crippen LogP contribution in [0.3, 0.4) is 0 Å². The highest BCUT2D eigenvalue weighted by atomic mass is 19.4. The first kappa shape index (κ1) is 13.5. The van der Waals surface area contributed by atoms with Gasteiger partial charge in [0.25, 0.3) is 0 Å². The molecule has 0 radical (unpaired) electrons. The van der Waals surface area contributed by atoms with E-state index in [4.69, 9.17) is 9.52 Å². The van der Waals surface area contributed by atoms with E-state index in [2.05, 4.69) is 0 Å².